The molecule has 3 rings (SSSR count). The summed E-state index contributed by atoms with van der Waals surface area (Å²) in [6.07, 6.45) is 1.28. The van der Waals surface area contributed by atoms with Gasteiger partial charge in [-0.1, -0.05) is 30.3 Å². The number of hydrogen-bond acceptors (Lipinski definition) is 3. The molecule has 114 valence electrons. The molecule has 1 N–H and O–H groups in total. The third-order valence-corrected chi connectivity index (χ3v) is 4.59. The number of carbonyl (C=O) groups excluding carboxylic acids is 1. The number of aliphatic hydroxyl groups is 1. The van der Waals surface area contributed by atoms with Crippen LogP contribution < -0.4 is 0 Å². The Labute approximate surface area is 126 Å². The fraction of sp³-hybridized carbons (Fsp3) is 0.588. The number of likely N-dealkylation sites (N-methyl/N-ethyl adjacent to an activating group) is 1. The molecule has 1 aromatic rings. The van der Waals surface area contributed by atoms with Gasteiger partial charge < -0.3 is 14.9 Å². The molecule has 0 radical (unpaired) electrons. The minimum absolute atomic E-state index is 0.113. The summed E-state index contributed by atoms with van der Waals surface area (Å²) in [6, 6.07) is 10.4. The molecule has 2 aliphatic rings. The van der Waals surface area contributed by atoms with Crippen molar-refractivity contribution in [2.24, 2.45) is 5.92 Å². The number of nitrogens with zero attached hydrogens (tertiary/aromatic N) is 2. The largest absolute Gasteiger partial charge is 0.391 e. The maximum absolute atomic E-state index is 12.7. The third-order valence-electron chi connectivity index (χ3n) is 4.59. The number of amides is 1. The number of benzene rings is 1. The number of aliphatic hydroxyl groups excluding tert-OH is 1. The number of hydrogen-bond donors (Lipinski definition) is 1. The molecule has 0 bridgehead atoms. The zero-order chi connectivity index (χ0) is 15.0. The summed E-state index contributed by atoms with van der Waals surface area (Å²) < 4.78 is 0. The van der Waals surface area contributed by atoms with Crippen molar-refractivity contribution in [2.45, 2.75) is 30.9 Å². The van der Waals surface area contributed by atoms with Gasteiger partial charge >= 0.3 is 0 Å². The quantitative estimate of drug-likeness (QED) is 0.908. The second kappa shape index (κ2) is 5.78. The lowest BCUT2D eigenvalue weighted by atomic mass is 10.1. The van der Waals surface area contributed by atoms with Crippen molar-refractivity contribution < 1.29 is 9.90 Å². The van der Waals surface area contributed by atoms with E-state index in [1.165, 1.54) is 5.56 Å². The molecule has 1 aromatic carbocycles. The van der Waals surface area contributed by atoms with E-state index in [-0.39, 0.29) is 24.0 Å². The molecule has 4 heteroatoms. The van der Waals surface area contributed by atoms with E-state index in [4.69, 9.17) is 0 Å². The summed E-state index contributed by atoms with van der Waals surface area (Å²) in [6.45, 7) is 1.32. The van der Waals surface area contributed by atoms with Crippen LogP contribution in [0.3, 0.4) is 0 Å². The molecule has 1 saturated carbocycles. The lowest BCUT2D eigenvalue weighted by molar-refractivity contribution is -0.134. The van der Waals surface area contributed by atoms with Crippen LogP contribution in [0.15, 0.2) is 30.3 Å². The Morgan fingerprint density at radius 1 is 1.29 bits per heavy atom. The number of β-amino-alcohol motifs (C(OH)–C–C–N with tert-alkyl or cyclic N) is 1. The first-order valence-electron chi connectivity index (χ1n) is 7.74. The van der Waals surface area contributed by atoms with Crippen molar-refractivity contribution >= 4 is 5.91 Å². The van der Waals surface area contributed by atoms with E-state index >= 15 is 0 Å². The Kier molecular flexibility index (Phi) is 4.00. The summed E-state index contributed by atoms with van der Waals surface area (Å²) in [4.78, 5) is 16.7. The van der Waals surface area contributed by atoms with Gasteiger partial charge in [-0.05, 0) is 38.4 Å². The fourth-order valence-corrected chi connectivity index (χ4v) is 3.51. The minimum atomic E-state index is -0.368. The van der Waals surface area contributed by atoms with Crippen LogP contribution in [0, 0.1) is 5.92 Å². The predicted octanol–water partition coefficient (Wildman–Crippen LogP) is 1.31. The summed E-state index contributed by atoms with van der Waals surface area (Å²) in [5.74, 6) is 0.714. The second-order valence-electron chi connectivity index (χ2n) is 6.66. The molecule has 1 aliphatic heterocycles. The average molecular weight is 288 g/mol. The van der Waals surface area contributed by atoms with Crippen LogP contribution in [-0.2, 0) is 4.79 Å². The minimum Gasteiger partial charge on any atom is -0.391 e. The van der Waals surface area contributed by atoms with Crippen molar-refractivity contribution in [3.8, 4) is 0 Å². The zero-order valence-electron chi connectivity index (χ0n) is 12.8. The Hall–Kier alpha value is -1.39. The van der Waals surface area contributed by atoms with E-state index < -0.39 is 0 Å². The summed E-state index contributed by atoms with van der Waals surface area (Å²) >= 11 is 0. The number of likely N-dealkylation sites (tertiary alicyclic amines) is 1. The molecule has 0 spiro atoms. The van der Waals surface area contributed by atoms with E-state index in [2.05, 4.69) is 17.0 Å². The van der Waals surface area contributed by atoms with Gasteiger partial charge in [0, 0.05) is 25.0 Å². The van der Waals surface area contributed by atoms with Crippen molar-refractivity contribution in [3.63, 3.8) is 0 Å². The van der Waals surface area contributed by atoms with Gasteiger partial charge in [0.1, 0.15) is 0 Å². The smallest absolute Gasteiger partial charge is 0.226 e. The zero-order valence-corrected chi connectivity index (χ0v) is 12.8. The van der Waals surface area contributed by atoms with Gasteiger partial charge in [-0.2, -0.15) is 0 Å². The van der Waals surface area contributed by atoms with Gasteiger partial charge in [0.15, 0.2) is 0 Å². The average Bonchev–Trinajstić information content (AvgIpc) is 3.17. The normalized spacial score (nSPS) is 31.7. The topological polar surface area (TPSA) is 43.8 Å². The SMILES string of the molecule is CN(C)CC1CC(O)CN1C(=O)C1CC1c1ccccc1. The Morgan fingerprint density at radius 3 is 2.67 bits per heavy atom. The Morgan fingerprint density at radius 2 is 2.00 bits per heavy atom. The van der Waals surface area contributed by atoms with Crippen LogP contribution in [0.25, 0.3) is 0 Å². The highest BCUT2D eigenvalue weighted by Gasteiger charge is 2.48. The van der Waals surface area contributed by atoms with Gasteiger partial charge in [-0.15, -0.1) is 0 Å². The monoisotopic (exact) mass is 288 g/mol. The van der Waals surface area contributed by atoms with Crippen molar-refractivity contribution in [1.29, 1.82) is 0 Å². The molecule has 1 aliphatic carbocycles. The van der Waals surface area contributed by atoms with Crippen molar-refractivity contribution in [2.75, 3.05) is 27.2 Å². The lowest BCUT2D eigenvalue weighted by Gasteiger charge is -2.27. The molecule has 2 fully saturated rings. The standard InChI is InChI=1S/C17H24N2O2/c1-18(2)10-13-8-14(20)11-19(13)17(21)16-9-15(16)12-6-4-3-5-7-12/h3-7,13-16,20H,8-11H2,1-2H3. The van der Waals surface area contributed by atoms with Gasteiger partial charge in [-0.25, -0.2) is 0 Å². The molecule has 1 amide bonds. The van der Waals surface area contributed by atoms with Crippen LogP contribution in [0.4, 0.5) is 0 Å². The van der Waals surface area contributed by atoms with Crippen LogP contribution >= 0.6 is 0 Å². The molecule has 21 heavy (non-hydrogen) atoms. The summed E-state index contributed by atoms with van der Waals surface area (Å²) in [5, 5.41) is 9.90. The predicted molar refractivity (Wildman–Crippen MR) is 82.0 cm³/mol. The molecule has 4 atom stereocenters. The van der Waals surface area contributed by atoms with Crippen LogP contribution in [0.2, 0.25) is 0 Å². The van der Waals surface area contributed by atoms with Gasteiger partial charge in [0.05, 0.1) is 6.10 Å². The van der Waals surface area contributed by atoms with Gasteiger partial charge in [0.2, 0.25) is 5.91 Å². The van der Waals surface area contributed by atoms with E-state index in [1.807, 2.05) is 37.2 Å². The van der Waals surface area contributed by atoms with Crippen LogP contribution in [0.1, 0.15) is 24.3 Å². The van der Waals surface area contributed by atoms with Crippen molar-refractivity contribution in [3.05, 3.63) is 35.9 Å². The van der Waals surface area contributed by atoms with Crippen LogP contribution in [0.5, 0.6) is 0 Å². The number of carbonyl (C=O) groups is 1. The Bertz CT molecular complexity index is 503. The molecular formula is C17H24N2O2. The van der Waals surface area contributed by atoms with Crippen molar-refractivity contribution in [1.82, 2.24) is 9.80 Å². The lowest BCUT2D eigenvalue weighted by Crippen LogP contribution is -2.42. The molecule has 0 aromatic heterocycles. The first-order chi connectivity index (χ1) is 10.1. The second-order valence-corrected chi connectivity index (χ2v) is 6.66. The molecule has 4 unspecified atom stereocenters. The van der Waals surface area contributed by atoms with E-state index in [9.17, 15) is 9.90 Å². The molecule has 1 saturated heterocycles. The molecule has 4 nitrogen and oxygen atoms in total. The Balaban J connectivity index is 1.65. The maximum atomic E-state index is 12.7. The highest BCUT2D eigenvalue weighted by Crippen LogP contribution is 2.49. The first kappa shape index (κ1) is 14.5. The van der Waals surface area contributed by atoms with E-state index in [0.717, 1.165) is 13.0 Å². The molecule has 1 heterocycles. The third kappa shape index (κ3) is 3.11. The highest BCUT2D eigenvalue weighted by molar-refractivity contribution is 5.83. The molecular weight excluding hydrogens is 264 g/mol. The summed E-state index contributed by atoms with van der Waals surface area (Å²) in [7, 11) is 4.02. The maximum Gasteiger partial charge on any atom is 0.226 e. The van der Waals surface area contributed by atoms with E-state index in [0.29, 0.717) is 18.9 Å². The van der Waals surface area contributed by atoms with E-state index in [1.54, 1.807) is 0 Å². The highest BCUT2D eigenvalue weighted by atomic mass is 16.3. The summed E-state index contributed by atoms with van der Waals surface area (Å²) in [5.41, 5.74) is 1.26. The fourth-order valence-electron chi connectivity index (χ4n) is 3.51. The van der Waals surface area contributed by atoms with Gasteiger partial charge in [0.25, 0.3) is 0 Å². The number of rotatable bonds is 4. The first-order valence-corrected chi connectivity index (χ1v) is 7.74. The van der Waals surface area contributed by atoms with Gasteiger partial charge in [-0.3, -0.25) is 4.79 Å². The van der Waals surface area contributed by atoms with Crippen LogP contribution in [-0.4, -0.2) is 60.1 Å².